The number of aromatic amines is 1. The van der Waals surface area contributed by atoms with Crippen molar-refractivity contribution in [3.8, 4) is 0 Å². The zero-order chi connectivity index (χ0) is 11.8. The van der Waals surface area contributed by atoms with Crippen molar-refractivity contribution in [2.45, 2.75) is 64.0 Å². The highest BCUT2D eigenvalue weighted by molar-refractivity contribution is 5.46. The molecule has 2 heterocycles. The molecule has 4 heteroatoms. The highest BCUT2D eigenvalue weighted by Gasteiger charge is 2.24. The molecule has 1 aromatic rings. The van der Waals surface area contributed by atoms with Crippen LogP contribution in [0, 0.1) is 0 Å². The van der Waals surface area contributed by atoms with E-state index in [1.165, 1.54) is 19.3 Å². The Labute approximate surface area is 101 Å². The van der Waals surface area contributed by atoms with Crippen molar-refractivity contribution in [2.75, 3.05) is 5.32 Å². The average Bonchev–Trinajstić information content (AvgIpc) is 2.67. The zero-order valence-corrected chi connectivity index (χ0v) is 10.5. The van der Waals surface area contributed by atoms with Gasteiger partial charge in [0.15, 0.2) is 0 Å². The van der Waals surface area contributed by atoms with Crippen molar-refractivity contribution in [3.05, 3.63) is 15.9 Å². The first-order valence-corrected chi connectivity index (χ1v) is 6.85. The van der Waals surface area contributed by atoms with Gasteiger partial charge in [-0.25, -0.2) is 4.68 Å². The van der Waals surface area contributed by atoms with Crippen LogP contribution in [-0.4, -0.2) is 15.8 Å². The number of nitrogens with zero attached hydrogens (tertiary/aromatic N) is 1. The molecule has 0 amide bonds. The number of hydrogen-bond acceptors (Lipinski definition) is 2. The summed E-state index contributed by atoms with van der Waals surface area (Å²) < 4.78 is 1.88. The van der Waals surface area contributed by atoms with Crippen LogP contribution in [0.4, 0.5) is 5.82 Å². The molecule has 1 fully saturated rings. The molecular weight excluding hydrogens is 214 g/mol. The molecule has 2 N–H and O–H groups in total. The summed E-state index contributed by atoms with van der Waals surface area (Å²) in [6.07, 6.45) is 8.10. The van der Waals surface area contributed by atoms with E-state index >= 15 is 0 Å². The van der Waals surface area contributed by atoms with Crippen LogP contribution < -0.4 is 10.9 Å². The van der Waals surface area contributed by atoms with E-state index in [1.54, 1.807) is 0 Å². The Balaban J connectivity index is 1.93. The molecule has 0 spiro atoms. The summed E-state index contributed by atoms with van der Waals surface area (Å²) in [6.45, 7) is 2.17. The van der Waals surface area contributed by atoms with Gasteiger partial charge in [-0.05, 0) is 32.6 Å². The van der Waals surface area contributed by atoms with Crippen LogP contribution in [0.3, 0.4) is 0 Å². The third-order valence-electron chi connectivity index (χ3n) is 4.17. The van der Waals surface area contributed by atoms with E-state index in [2.05, 4.69) is 17.3 Å². The number of hydrogen-bond donors (Lipinski definition) is 2. The van der Waals surface area contributed by atoms with Crippen LogP contribution in [-0.2, 0) is 6.42 Å². The van der Waals surface area contributed by atoms with Crippen LogP contribution in [0.2, 0.25) is 0 Å². The molecule has 0 bridgehead atoms. The van der Waals surface area contributed by atoms with E-state index < -0.39 is 0 Å². The quantitative estimate of drug-likeness (QED) is 0.785. The minimum atomic E-state index is 0.214. The van der Waals surface area contributed by atoms with Crippen LogP contribution in [0.25, 0.3) is 0 Å². The summed E-state index contributed by atoms with van der Waals surface area (Å²) in [5.74, 6) is 0.972. The van der Waals surface area contributed by atoms with Crippen molar-refractivity contribution in [1.82, 2.24) is 9.78 Å². The predicted molar refractivity (Wildman–Crippen MR) is 68.6 cm³/mol. The van der Waals surface area contributed by atoms with Gasteiger partial charge >= 0.3 is 0 Å². The summed E-state index contributed by atoms with van der Waals surface area (Å²) in [7, 11) is 0. The van der Waals surface area contributed by atoms with Gasteiger partial charge in [0.2, 0.25) is 0 Å². The highest BCUT2D eigenvalue weighted by Crippen LogP contribution is 2.28. The molecule has 3 rings (SSSR count). The lowest BCUT2D eigenvalue weighted by molar-refractivity contribution is 0.323. The van der Waals surface area contributed by atoms with E-state index in [0.29, 0.717) is 12.1 Å². The number of fused-ring (bicyclic) bond motifs is 1. The van der Waals surface area contributed by atoms with Gasteiger partial charge in [-0.2, -0.15) is 0 Å². The van der Waals surface area contributed by atoms with Gasteiger partial charge in [0, 0.05) is 6.04 Å². The molecule has 1 aromatic heterocycles. The van der Waals surface area contributed by atoms with Gasteiger partial charge in [0.25, 0.3) is 5.56 Å². The van der Waals surface area contributed by atoms with Crippen LogP contribution in [0.5, 0.6) is 0 Å². The minimum Gasteiger partial charge on any atom is -0.368 e. The van der Waals surface area contributed by atoms with E-state index in [1.807, 2.05) is 4.68 Å². The smallest absolute Gasteiger partial charge is 0.272 e. The number of H-pyrrole nitrogens is 1. The average molecular weight is 235 g/mol. The Hall–Kier alpha value is -1.19. The molecule has 1 atom stereocenters. The summed E-state index contributed by atoms with van der Waals surface area (Å²) in [4.78, 5) is 12.3. The first-order chi connectivity index (χ1) is 8.25. The SMILES string of the molecule is C[C@@H]1CCc2c([nH]n(C3CCCCC3)c2=O)N1. The molecule has 2 aliphatic rings. The van der Waals surface area contributed by atoms with Crippen LogP contribution >= 0.6 is 0 Å². The number of rotatable bonds is 1. The Kier molecular flexibility index (Phi) is 2.73. The van der Waals surface area contributed by atoms with Gasteiger partial charge in [-0.3, -0.25) is 9.89 Å². The lowest BCUT2D eigenvalue weighted by Gasteiger charge is -2.22. The van der Waals surface area contributed by atoms with E-state index in [-0.39, 0.29) is 5.56 Å². The topological polar surface area (TPSA) is 49.8 Å². The van der Waals surface area contributed by atoms with Crippen molar-refractivity contribution >= 4 is 5.82 Å². The first-order valence-electron chi connectivity index (χ1n) is 6.85. The van der Waals surface area contributed by atoms with Crippen LogP contribution in [0.1, 0.15) is 57.1 Å². The third-order valence-corrected chi connectivity index (χ3v) is 4.17. The molecule has 1 aliphatic carbocycles. The maximum atomic E-state index is 12.3. The second kappa shape index (κ2) is 4.24. The molecule has 0 radical (unpaired) electrons. The fourth-order valence-corrected chi connectivity index (χ4v) is 3.12. The molecular formula is C13H21N3O. The third kappa shape index (κ3) is 1.90. The maximum absolute atomic E-state index is 12.3. The number of aromatic nitrogens is 2. The molecule has 94 valence electrons. The van der Waals surface area contributed by atoms with E-state index in [4.69, 9.17) is 0 Å². The summed E-state index contributed by atoms with van der Waals surface area (Å²) in [6, 6.07) is 0.874. The normalized spacial score (nSPS) is 25.4. The molecule has 17 heavy (non-hydrogen) atoms. The van der Waals surface area contributed by atoms with Crippen molar-refractivity contribution < 1.29 is 0 Å². The maximum Gasteiger partial charge on any atom is 0.272 e. The minimum absolute atomic E-state index is 0.214. The molecule has 0 aromatic carbocycles. The molecule has 4 nitrogen and oxygen atoms in total. The van der Waals surface area contributed by atoms with Crippen molar-refractivity contribution in [2.24, 2.45) is 0 Å². The molecule has 1 saturated carbocycles. The first kappa shape index (κ1) is 10.9. The van der Waals surface area contributed by atoms with Crippen LogP contribution in [0.15, 0.2) is 4.79 Å². The monoisotopic (exact) mass is 235 g/mol. The Morgan fingerprint density at radius 2 is 1.94 bits per heavy atom. The van der Waals surface area contributed by atoms with Gasteiger partial charge in [0.1, 0.15) is 5.82 Å². The molecule has 0 saturated heterocycles. The zero-order valence-electron chi connectivity index (χ0n) is 10.5. The fraction of sp³-hybridized carbons (Fsp3) is 0.769. The Morgan fingerprint density at radius 1 is 1.18 bits per heavy atom. The van der Waals surface area contributed by atoms with Crippen molar-refractivity contribution in [1.29, 1.82) is 0 Å². The molecule has 0 unspecified atom stereocenters. The van der Waals surface area contributed by atoms with Gasteiger partial charge in [-0.1, -0.05) is 19.3 Å². The van der Waals surface area contributed by atoms with E-state index in [9.17, 15) is 4.79 Å². The lowest BCUT2D eigenvalue weighted by atomic mass is 9.96. The van der Waals surface area contributed by atoms with Crippen molar-refractivity contribution in [3.63, 3.8) is 0 Å². The van der Waals surface area contributed by atoms with E-state index in [0.717, 1.165) is 37.1 Å². The summed E-state index contributed by atoms with van der Waals surface area (Å²) in [5.41, 5.74) is 1.18. The Morgan fingerprint density at radius 3 is 2.71 bits per heavy atom. The fourth-order valence-electron chi connectivity index (χ4n) is 3.12. The van der Waals surface area contributed by atoms with Gasteiger partial charge in [-0.15, -0.1) is 0 Å². The number of anilines is 1. The number of nitrogens with one attached hydrogen (secondary N) is 2. The standard InChI is InChI=1S/C13H21N3O/c1-9-7-8-11-12(14-9)15-16(13(11)17)10-5-3-2-4-6-10/h9-10,14-15H,2-8H2,1H3/t9-/m1/s1. The predicted octanol–water partition coefficient (Wildman–Crippen LogP) is 2.43. The largest absolute Gasteiger partial charge is 0.368 e. The summed E-state index contributed by atoms with van der Waals surface area (Å²) in [5, 5.41) is 6.68. The van der Waals surface area contributed by atoms with Gasteiger partial charge < -0.3 is 5.32 Å². The second-order valence-corrected chi connectivity index (χ2v) is 5.52. The molecule has 1 aliphatic heterocycles. The second-order valence-electron chi connectivity index (χ2n) is 5.52. The Bertz CT molecular complexity index is 454. The lowest BCUT2D eigenvalue weighted by Crippen LogP contribution is -2.27. The summed E-state index contributed by atoms with van der Waals surface area (Å²) >= 11 is 0. The van der Waals surface area contributed by atoms with Gasteiger partial charge in [0.05, 0.1) is 11.6 Å². The highest BCUT2D eigenvalue weighted by atomic mass is 16.1.